The highest BCUT2D eigenvalue weighted by atomic mass is 16.2. The summed E-state index contributed by atoms with van der Waals surface area (Å²) in [6.07, 6.45) is 2.62. The first-order chi connectivity index (χ1) is 11.6. The van der Waals surface area contributed by atoms with Crippen molar-refractivity contribution in [3.63, 3.8) is 0 Å². The Hall–Kier alpha value is -2.50. The molecule has 1 aliphatic heterocycles. The Balaban J connectivity index is 1.56. The van der Waals surface area contributed by atoms with Crippen molar-refractivity contribution in [1.29, 1.82) is 0 Å². The maximum absolute atomic E-state index is 12.6. The summed E-state index contributed by atoms with van der Waals surface area (Å²) >= 11 is 0. The van der Waals surface area contributed by atoms with E-state index < -0.39 is 0 Å². The molecular weight excluding hydrogens is 304 g/mol. The minimum Gasteiger partial charge on any atom is -0.342 e. The van der Waals surface area contributed by atoms with Crippen molar-refractivity contribution >= 4 is 11.7 Å². The van der Waals surface area contributed by atoms with Crippen LogP contribution in [0.4, 0.5) is 0 Å². The van der Waals surface area contributed by atoms with Gasteiger partial charge in [0, 0.05) is 37.4 Å². The Morgan fingerprint density at radius 3 is 2.79 bits per heavy atom. The molecule has 2 heterocycles. The number of aromatic nitrogens is 3. The molecule has 1 N–H and O–H groups in total. The minimum absolute atomic E-state index is 0.0722. The van der Waals surface area contributed by atoms with E-state index >= 15 is 0 Å². The van der Waals surface area contributed by atoms with E-state index in [1.165, 1.54) is 0 Å². The van der Waals surface area contributed by atoms with Crippen LogP contribution in [0, 0.1) is 12.8 Å². The van der Waals surface area contributed by atoms with Crippen molar-refractivity contribution < 1.29 is 9.59 Å². The fourth-order valence-electron chi connectivity index (χ4n) is 3.13. The van der Waals surface area contributed by atoms with Gasteiger partial charge in [-0.15, -0.1) is 0 Å². The number of ketones is 1. The molecule has 2 aromatic rings. The van der Waals surface area contributed by atoms with Gasteiger partial charge in [-0.3, -0.25) is 14.7 Å². The molecule has 0 radical (unpaired) electrons. The van der Waals surface area contributed by atoms with Crippen molar-refractivity contribution in [2.24, 2.45) is 5.92 Å². The molecule has 0 saturated carbocycles. The van der Waals surface area contributed by atoms with E-state index in [2.05, 4.69) is 15.2 Å². The van der Waals surface area contributed by atoms with Crippen LogP contribution in [0.3, 0.4) is 0 Å². The lowest BCUT2D eigenvalue weighted by Crippen LogP contribution is -2.42. The largest absolute Gasteiger partial charge is 0.342 e. The first-order valence-corrected chi connectivity index (χ1v) is 8.38. The van der Waals surface area contributed by atoms with Gasteiger partial charge in [0.25, 0.3) is 0 Å². The van der Waals surface area contributed by atoms with Crippen LogP contribution >= 0.6 is 0 Å². The number of benzene rings is 1. The number of hydrogen-bond acceptors (Lipinski definition) is 4. The molecule has 0 spiro atoms. The second kappa shape index (κ2) is 7.38. The summed E-state index contributed by atoms with van der Waals surface area (Å²) in [5, 5.41) is 6.84. The highest BCUT2D eigenvalue weighted by molar-refractivity contribution is 5.98. The molecule has 1 amide bonds. The summed E-state index contributed by atoms with van der Waals surface area (Å²) in [5.74, 6) is 1.52. The third-order valence-corrected chi connectivity index (χ3v) is 4.41. The van der Waals surface area contributed by atoms with Gasteiger partial charge in [0.1, 0.15) is 5.82 Å². The van der Waals surface area contributed by atoms with Gasteiger partial charge in [0.15, 0.2) is 11.6 Å². The number of nitrogens with one attached hydrogen (secondary N) is 1. The van der Waals surface area contributed by atoms with E-state index in [-0.39, 0.29) is 17.6 Å². The molecule has 0 unspecified atom stereocenters. The maximum atomic E-state index is 12.6. The van der Waals surface area contributed by atoms with E-state index in [9.17, 15) is 9.59 Å². The quantitative estimate of drug-likeness (QED) is 0.854. The fourth-order valence-corrected chi connectivity index (χ4v) is 3.13. The lowest BCUT2D eigenvalue weighted by molar-refractivity contribution is -0.132. The topological polar surface area (TPSA) is 79.0 Å². The molecule has 24 heavy (non-hydrogen) atoms. The number of carbonyl (C=O) groups is 2. The van der Waals surface area contributed by atoms with Crippen molar-refractivity contribution in [2.45, 2.75) is 32.6 Å². The van der Waals surface area contributed by atoms with Crippen LogP contribution < -0.4 is 0 Å². The van der Waals surface area contributed by atoms with Gasteiger partial charge < -0.3 is 4.90 Å². The van der Waals surface area contributed by atoms with Crippen molar-refractivity contribution in [2.75, 3.05) is 13.1 Å². The molecule has 126 valence electrons. The summed E-state index contributed by atoms with van der Waals surface area (Å²) in [7, 11) is 0. The van der Waals surface area contributed by atoms with Crippen LogP contribution in [0.2, 0.25) is 0 Å². The van der Waals surface area contributed by atoms with Crippen molar-refractivity contribution in [1.82, 2.24) is 20.1 Å². The summed E-state index contributed by atoms with van der Waals surface area (Å²) < 4.78 is 0. The monoisotopic (exact) mass is 326 g/mol. The zero-order chi connectivity index (χ0) is 16.9. The fraction of sp³-hybridized carbons (Fsp3) is 0.444. The van der Waals surface area contributed by atoms with Crippen LogP contribution in [0.5, 0.6) is 0 Å². The number of Topliss-reactive ketones (excluding diaryl/α,β-unsaturated/α-hetero) is 1. The standard InChI is InChI=1S/C18H22N4O2/c1-13-19-16(21-20-13)9-10-17(23)22-11-5-8-15(12-22)18(24)14-6-3-2-4-7-14/h2-4,6-7,15H,5,8-12H2,1H3,(H,19,20,21)/t15-/m1/s1. The van der Waals surface area contributed by atoms with Gasteiger partial charge in [-0.2, -0.15) is 5.10 Å². The molecule has 0 bridgehead atoms. The first kappa shape index (κ1) is 16.4. The summed E-state index contributed by atoms with van der Waals surface area (Å²) in [4.78, 5) is 31.1. The van der Waals surface area contributed by atoms with Gasteiger partial charge in [-0.1, -0.05) is 30.3 Å². The molecule has 1 aromatic carbocycles. The molecule has 1 aromatic heterocycles. The van der Waals surface area contributed by atoms with Gasteiger partial charge in [0.05, 0.1) is 0 Å². The lowest BCUT2D eigenvalue weighted by atomic mass is 9.90. The van der Waals surface area contributed by atoms with Crippen molar-refractivity contribution in [3.05, 3.63) is 47.5 Å². The molecule has 0 aliphatic carbocycles. The number of aromatic amines is 1. The first-order valence-electron chi connectivity index (χ1n) is 8.38. The number of aryl methyl sites for hydroxylation is 2. The number of rotatable bonds is 5. The van der Waals surface area contributed by atoms with Crippen LogP contribution in [0.25, 0.3) is 0 Å². The maximum Gasteiger partial charge on any atom is 0.223 e. The van der Waals surface area contributed by atoms with Crippen LogP contribution in [0.15, 0.2) is 30.3 Å². The lowest BCUT2D eigenvalue weighted by Gasteiger charge is -2.32. The number of hydrogen-bond donors (Lipinski definition) is 1. The zero-order valence-corrected chi connectivity index (χ0v) is 13.9. The van der Waals surface area contributed by atoms with E-state index in [1.807, 2.05) is 42.2 Å². The Bertz CT molecular complexity index is 711. The third kappa shape index (κ3) is 3.88. The number of H-pyrrole nitrogens is 1. The molecule has 3 rings (SSSR count). The number of amides is 1. The summed E-state index contributed by atoms with van der Waals surface area (Å²) in [5.41, 5.74) is 0.730. The molecule has 1 fully saturated rings. The minimum atomic E-state index is -0.101. The predicted octanol–water partition coefficient (Wildman–Crippen LogP) is 2.17. The van der Waals surface area contributed by atoms with Crippen LogP contribution in [-0.2, 0) is 11.2 Å². The number of likely N-dealkylation sites (tertiary alicyclic amines) is 1. The molecule has 1 saturated heterocycles. The normalized spacial score (nSPS) is 17.7. The average molecular weight is 326 g/mol. The molecule has 6 nitrogen and oxygen atoms in total. The van der Waals surface area contributed by atoms with Crippen molar-refractivity contribution in [3.8, 4) is 0 Å². The van der Waals surface area contributed by atoms with E-state index in [0.717, 1.165) is 30.8 Å². The SMILES string of the molecule is Cc1nc(CCC(=O)N2CCC[C@@H](C(=O)c3ccccc3)C2)n[nH]1. The van der Waals surface area contributed by atoms with Gasteiger partial charge in [0.2, 0.25) is 5.91 Å². The molecule has 1 aliphatic rings. The van der Waals surface area contributed by atoms with Gasteiger partial charge in [-0.25, -0.2) is 4.98 Å². The molecular formula is C18H22N4O2. The highest BCUT2D eigenvalue weighted by Crippen LogP contribution is 2.21. The Kier molecular flexibility index (Phi) is 5.03. The van der Waals surface area contributed by atoms with E-state index in [4.69, 9.17) is 0 Å². The Labute approximate surface area is 141 Å². The third-order valence-electron chi connectivity index (χ3n) is 4.41. The Morgan fingerprint density at radius 2 is 2.08 bits per heavy atom. The smallest absolute Gasteiger partial charge is 0.223 e. The average Bonchev–Trinajstić information content (AvgIpc) is 3.05. The number of carbonyl (C=O) groups excluding carboxylic acids is 2. The number of nitrogens with zero attached hydrogens (tertiary/aromatic N) is 3. The van der Waals surface area contributed by atoms with E-state index in [0.29, 0.717) is 25.2 Å². The number of piperidine rings is 1. The van der Waals surface area contributed by atoms with E-state index in [1.54, 1.807) is 0 Å². The summed E-state index contributed by atoms with van der Waals surface area (Å²) in [6, 6.07) is 9.33. The van der Waals surface area contributed by atoms with Crippen LogP contribution in [0.1, 0.15) is 41.3 Å². The highest BCUT2D eigenvalue weighted by Gasteiger charge is 2.28. The Morgan fingerprint density at radius 1 is 1.29 bits per heavy atom. The van der Waals surface area contributed by atoms with Gasteiger partial charge in [-0.05, 0) is 19.8 Å². The molecule has 1 atom stereocenters. The summed E-state index contributed by atoms with van der Waals surface area (Å²) in [6.45, 7) is 3.08. The van der Waals surface area contributed by atoms with Gasteiger partial charge >= 0.3 is 0 Å². The second-order valence-corrected chi connectivity index (χ2v) is 6.25. The molecule has 6 heteroatoms. The second-order valence-electron chi connectivity index (χ2n) is 6.25. The predicted molar refractivity (Wildman–Crippen MR) is 89.5 cm³/mol. The van der Waals surface area contributed by atoms with Crippen LogP contribution in [-0.4, -0.2) is 44.9 Å². The zero-order valence-electron chi connectivity index (χ0n) is 13.9.